The number of nitrogens with zero attached hydrogens (tertiary/aromatic N) is 3. The van der Waals surface area contributed by atoms with Crippen molar-refractivity contribution < 1.29 is 29.3 Å². The lowest BCUT2D eigenvalue weighted by atomic mass is 9.93. The summed E-state index contributed by atoms with van der Waals surface area (Å²) in [6, 6.07) is 16.4. The van der Waals surface area contributed by atoms with Crippen LogP contribution in [0.4, 0.5) is 17.1 Å². The molecule has 1 heterocycles. The SMILES string of the molecule is O=C1c2cccc3c(Oc4ccccc4[N+](=O)[O-])ccc(c23)C(=O)N1c1ccc([N+](=O)[O-])cc1O. The summed E-state index contributed by atoms with van der Waals surface area (Å²) in [5, 5.41) is 33.3. The summed E-state index contributed by atoms with van der Waals surface area (Å²) in [4.78, 5) is 48.4. The molecule has 0 saturated carbocycles. The molecule has 4 aromatic carbocycles. The number of hydrogen-bond donors (Lipinski definition) is 1. The molecule has 4 aromatic rings. The van der Waals surface area contributed by atoms with Gasteiger partial charge in [0.1, 0.15) is 11.5 Å². The fourth-order valence-corrected chi connectivity index (χ4v) is 4.00. The number of amides is 2. The van der Waals surface area contributed by atoms with Gasteiger partial charge in [-0.3, -0.25) is 29.8 Å². The molecule has 35 heavy (non-hydrogen) atoms. The van der Waals surface area contributed by atoms with Crippen LogP contribution in [0.2, 0.25) is 0 Å². The van der Waals surface area contributed by atoms with E-state index in [9.17, 15) is 34.9 Å². The lowest BCUT2D eigenvalue weighted by molar-refractivity contribution is -0.385. The summed E-state index contributed by atoms with van der Waals surface area (Å²) in [6.45, 7) is 0. The highest BCUT2D eigenvalue weighted by Crippen LogP contribution is 2.42. The van der Waals surface area contributed by atoms with Gasteiger partial charge in [-0.15, -0.1) is 0 Å². The van der Waals surface area contributed by atoms with E-state index in [1.165, 1.54) is 36.4 Å². The van der Waals surface area contributed by atoms with Crippen LogP contribution in [-0.2, 0) is 0 Å². The van der Waals surface area contributed by atoms with Gasteiger partial charge in [0.25, 0.3) is 17.5 Å². The van der Waals surface area contributed by atoms with Gasteiger partial charge in [-0.2, -0.15) is 0 Å². The summed E-state index contributed by atoms with van der Waals surface area (Å²) < 4.78 is 5.82. The number of rotatable bonds is 5. The third-order valence-electron chi connectivity index (χ3n) is 5.56. The number of ether oxygens (including phenoxy) is 1. The van der Waals surface area contributed by atoms with Crippen LogP contribution in [0.5, 0.6) is 17.2 Å². The van der Waals surface area contributed by atoms with Crippen LogP contribution in [0.1, 0.15) is 20.7 Å². The molecule has 0 fully saturated rings. The van der Waals surface area contributed by atoms with Crippen molar-refractivity contribution in [1.29, 1.82) is 0 Å². The van der Waals surface area contributed by atoms with Gasteiger partial charge in [0.05, 0.1) is 21.6 Å². The average Bonchev–Trinajstić information content (AvgIpc) is 2.84. The van der Waals surface area contributed by atoms with Crippen molar-refractivity contribution in [3.8, 4) is 17.2 Å². The predicted molar refractivity (Wildman–Crippen MR) is 123 cm³/mol. The number of non-ortho nitro benzene ring substituents is 1. The van der Waals surface area contributed by atoms with E-state index in [0.29, 0.717) is 5.39 Å². The smallest absolute Gasteiger partial charge is 0.311 e. The summed E-state index contributed by atoms with van der Waals surface area (Å²) in [7, 11) is 0. The number of anilines is 1. The maximum atomic E-state index is 13.3. The van der Waals surface area contributed by atoms with E-state index in [0.717, 1.165) is 23.1 Å². The van der Waals surface area contributed by atoms with E-state index in [-0.39, 0.29) is 39.4 Å². The number of hydrogen-bond acceptors (Lipinski definition) is 8. The van der Waals surface area contributed by atoms with Crippen LogP contribution in [-0.4, -0.2) is 26.8 Å². The first-order chi connectivity index (χ1) is 16.8. The van der Waals surface area contributed by atoms with E-state index in [2.05, 4.69) is 0 Å². The Hall–Kier alpha value is -5.32. The van der Waals surface area contributed by atoms with Gasteiger partial charge in [0, 0.05) is 34.0 Å². The zero-order valence-electron chi connectivity index (χ0n) is 17.6. The number of aromatic hydroxyl groups is 1. The maximum Gasteiger partial charge on any atom is 0.311 e. The Morgan fingerprint density at radius 1 is 0.771 bits per heavy atom. The van der Waals surface area contributed by atoms with Crippen LogP contribution >= 0.6 is 0 Å². The van der Waals surface area contributed by atoms with E-state index >= 15 is 0 Å². The standard InChI is InChI=1S/C24H13N3O8/c28-19-12-13(26(31)32)8-10-17(19)25-23(29)15-5-3-4-14-20(11-9-16(22(14)15)24(25)30)35-21-7-2-1-6-18(21)27(33)34/h1-12,28H. The van der Waals surface area contributed by atoms with E-state index < -0.39 is 33.1 Å². The Labute approximate surface area is 195 Å². The van der Waals surface area contributed by atoms with Gasteiger partial charge >= 0.3 is 5.69 Å². The minimum Gasteiger partial charge on any atom is -0.505 e. The number of carbonyl (C=O) groups is 2. The third-order valence-corrected chi connectivity index (χ3v) is 5.56. The second-order valence-electron chi connectivity index (χ2n) is 7.54. The number of nitro groups is 2. The van der Waals surface area contributed by atoms with Crippen molar-refractivity contribution in [2.45, 2.75) is 0 Å². The summed E-state index contributed by atoms with van der Waals surface area (Å²) in [6.07, 6.45) is 0. The maximum absolute atomic E-state index is 13.3. The van der Waals surface area contributed by atoms with Crippen LogP contribution < -0.4 is 9.64 Å². The van der Waals surface area contributed by atoms with Crippen molar-refractivity contribution in [3.05, 3.63) is 104 Å². The highest BCUT2D eigenvalue weighted by molar-refractivity contribution is 6.36. The number of para-hydroxylation sites is 2. The second-order valence-corrected chi connectivity index (χ2v) is 7.54. The number of phenolic OH excluding ortho intramolecular Hbond substituents is 1. The molecule has 1 aliphatic rings. The van der Waals surface area contributed by atoms with Gasteiger partial charge in [0.2, 0.25) is 5.75 Å². The van der Waals surface area contributed by atoms with Crippen molar-refractivity contribution in [3.63, 3.8) is 0 Å². The predicted octanol–water partition coefficient (Wildman–Crippen LogP) is 4.95. The highest BCUT2D eigenvalue weighted by Gasteiger charge is 2.36. The van der Waals surface area contributed by atoms with Crippen LogP contribution in [0.15, 0.2) is 72.8 Å². The molecule has 0 unspecified atom stereocenters. The van der Waals surface area contributed by atoms with Gasteiger partial charge in [0.15, 0.2) is 0 Å². The van der Waals surface area contributed by atoms with E-state index in [4.69, 9.17) is 4.74 Å². The Morgan fingerprint density at radius 2 is 1.49 bits per heavy atom. The fourth-order valence-electron chi connectivity index (χ4n) is 4.00. The zero-order chi connectivity index (χ0) is 24.9. The average molecular weight is 471 g/mol. The first-order valence-electron chi connectivity index (χ1n) is 10.1. The van der Waals surface area contributed by atoms with Gasteiger partial charge in [-0.25, -0.2) is 4.90 Å². The van der Waals surface area contributed by atoms with Gasteiger partial charge in [-0.05, 0) is 30.3 Å². The second kappa shape index (κ2) is 7.92. The molecule has 0 atom stereocenters. The van der Waals surface area contributed by atoms with Gasteiger partial charge < -0.3 is 9.84 Å². The molecule has 11 nitrogen and oxygen atoms in total. The van der Waals surface area contributed by atoms with Crippen molar-refractivity contribution in [1.82, 2.24) is 0 Å². The molecule has 0 radical (unpaired) electrons. The summed E-state index contributed by atoms with van der Waals surface area (Å²) in [5.41, 5.74) is -0.596. The number of nitro benzene ring substituents is 2. The number of phenols is 1. The Morgan fingerprint density at radius 3 is 2.17 bits per heavy atom. The molecule has 0 bridgehead atoms. The Kier molecular flexibility index (Phi) is 4.87. The highest BCUT2D eigenvalue weighted by atomic mass is 16.6. The first kappa shape index (κ1) is 21.5. The Bertz CT molecular complexity index is 1580. The number of imide groups is 1. The first-order valence-corrected chi connectivity index (χ1v) is 10.1. The Balaban J connectivity index is 1.63. The molecule has 0 spiro atoms. The molecule has 11 heteroatoms. The quantitative estimate of drug-likeness (QED) is 0.244. The zero-order valence-corrected chi connectivity index (χ0v) is 17.6. The minimum absolute atomic E-state index is 0.0101. The minimum atomic E-state index is -0.750. The van der Waals surface area contributed by atoms with Crippen molar-refractivity contribution in [2.75, 3.05) is 4.90 Å². The molecular formula is C24H13N3O8. The molecule has 0 aromatic heterocycles. The number of benzene rings is 4. The largest absolute Gasteiger partial charge is 0.505 e. The molecule has 5 rings (SSSR count). The van der Waals surface area contributed by atoms with Crippen molar-refractivity contribution in [2.24, 2.45) is 0 Å². The van der Waals surface area contributed by atoms with Crippen molar-refractivity contribution >= 4 is 39.6 Å². The summed E-state index contributed by atoms with van der Waals surface area (Å²) in [5.74, 6) is -1.91. The normalized spacial score (nSPS) is 12.6. The molecule has 1 N–H and O–H groups in total. The molecule has 2 amide bonds. The monoisotopic (exact) mass is 471 g/mol. The lowest BCUT2D eigenvalue weighted by Crippen LogP contribution is -2.40. The van der Waals surface area contributed by atoms with Crippen LogP contribution in [0.25, 0.3) is 10.8 Å². The van der Waals surface area contributed by atoms with Gasteiger partial charge in [-0.1, -0.05) is 24.3 Å². The topological polar surface area (TPSA) is 153 Å². The van der Waals surface area contributed by atoms with E-state index in [1.807, 2.05) is 0 Å². The molecular weight excluding hydrogens is 458 g/mol. The number of carbonyl (C=O) groups excluding carboxylic acids is 2. The molecule has 0 aliphatic carbocycles. The molecule has 0 saturated heterocycles. The lowest BCUT2D eigenvalue weighted by Gasteiger charge is -2.28. The molecule has 1 aliphatic heterocycles. The third kappa shape index (κ3) is 3.38. The fraction of sp³-hybridized carbons (Fsp3) is 0. The summed E-state index contributed by atoms with van der Waals surface area (Å²) >= 11 is 0. The van der Waals surface area contributed by atoms with Crippen LogP contribution in [0.3, 0.4) is 0 Å². The molecule has 172 valence electrons. The van der Waals surface area contributed by atoms with Crippen LogP contribution in [0, 0.1) is 20.2 Å². The van der Waals surface area contributed by atoms with E-state index in [1.54, 1.807) is 18.2 Å².